The van der Waals surface area contributed by atoms with Gasteiger partial charge in [-0.05, 0) is 12.1 Å². The number of benzene rings is 1. The predicted octanol–water partition coefficient (Wildman–Crippen LogP) is 2.18. The van der Waals surface area contributed by atoms with Crippen LogP contribution in [0.2, 0.25) is 5.15 Å². The smallest absolute Gasteiger partial charge is 0.338 e. The van der Waals surface area contributed by atoms with Gasteiger partial charge in [-0.25, -0.2) is 19.7 Å². The Bertz CT molecular complexity index is 1090. The van der Waals surface area contributed by atoms with E-state index in [0.29, 0.717) is 16.7 Å². The first kappa shape index (κ1) is 21.2. The van der Waals surface area contributed by atoms with Gasteiger partial charge in [0, 0.05) is 14.0 Å². The number of ether oxygens (including phenoxy) is 4. The van der Waals surface area contributed by atoms with Gasteiger partial charge < -0.3 is 18.9 Å². The highest BCUT2D eigenvalue weighted by atomic mass is 35.5. The third-order valence-electron chi connectivity index (χ3n) is 4.84. The van der Waals surface area contributed by atoms with Crippen LogP contribution in [-0.4, -0.2) is 63.5 Å². The van der Waals surface area contributed by atoms with Crippen molar-refractivity contribution in [3.05, 3.63) is 53.7 Å². The summed E-state index contributed by atoms with van der Waals surface area (Å²) in [5, 5.41) is 0.183. The molecule has 1 aliphatic heterocycles. The van der Waals surface area contributed by atoms with Crippen LogP contribution < -0.4 is 0 Å². The van der Waals surface area contributed by atoms with Crippen molar-refractivity contribution >= 4 is 34.7 Å². The topological polar surface area (TPSA) is 115 Å². The number of hydrogen-bond donors (Lipinski definition) is 0. The highest BCUT2D eigenvalue weighted by Crippen LogP contribution is 2.36. The van der Waals surface area contributed by atoms with Gasteiger partial charge in [-0.15, -0.1) is 0 Å². The molecule has 4 atom stereocenters. The van der Waals surface area contributed by atoms with Gasteiger partial charge in [0.05, 0.1) is 11.9 Å². The van der Waals surface area contributed by atoms with E-state index in [2.05, 4.69) is 15.0 Å². The SMILES string of the molecule is CO[C@H]1[C@@H](OC(C)=O)[C@H](n2cnc3c(Cl)ncnc32)O[C@@H]1COC(=O)c1ccccc1. The molecule has 3 heterocycles. The number of imidazole rings is 1. The zero-order valence-corrected chi connectivity index (χ0v) is 17.4. The molecule has 1 aliphatic rings. The first-order chi connectivity index (χ1) is 15.0. The molecule has 4 rings (SSSR count). The van der Waals surface area contributed by atoms with Gasteiger partial charge in [-0.3, -0.25) is 9.36 Å². The number of carbonyl (C=O) groups is 2. The van der Waals surface area contributed by atoms with Crippen LogP contribution in [0.3, 0.4) is 0 Å². The van der Waals surface area contributed by atoms with Crippen LogP contribution in [0.25, 0.3) is 11.2 Å². The summed E-state index contributed by atoms with van der Waals surface area (Å²) in [5.41, 5.74) is 1.19. The molecular formula is C20H19ClN4O6. The summed E-state index contributed by atoms with van der Waals surface area (Å²) >= 11 is 6.09. The molecule has 1 saturated heterocycles. The van der Waals surface area contributed by atoms with E-state index in [1.54, 1.807) is 34.9 Å². The summed E-state index contributed by atoms with van der Waals surface area (Å²) in [6, 6.07) is 8.58. The van der Waals surface area contributed by atoms with Gasteiger partial charge in [0.25, 0.3) is 0 Å². The molecule has 0 aliphatic carbocycles. The van der Waals surface area contributed by atoms with Crippen molar-refractivity contribution in [3.63, 3.8) is 0 Å². The van der Waals surface area contributed by atoms with Crippen molar-refractivity contribution in [2.24, 2.45) is 0 Å². The van der Waals surface area contributed by atoms with Gasteiger partial charge >= 0.3 is 11.9 Å². The fraction of sp³-hybridized carbons (Fsp3) is 0.350. The Balaban J connectivity index is 1.59. The molecular weight excluding hydrogens is 428 g/mol. The van der Waals surface area contributed by atoms with E-state index in [4.69, 9.17) is 30.5 Å². The minimum absolute atomic E-state index is 0.108. The van der Waals surface area contributed by atoms with Crippen molar-refractivity contribution in [2.45, 2.75) is 31.5 Å². The lowest BCUT2D eigenvalue weighted by molar-refractivity contribution is -0.156. The number of nitrogens with zero attached hydrogens (tertiary/aromatic N) is 4. The van der Waals surface area contributed by atoms with Gasteiger partial charge in [-0.2, -0.15) is 0 Å². The Labute approximate surface area is 182 Å². The third kappa shape index (κ3) is 4.22. The molecule has 0 spiro atoms. The maximum atomic E-state index is 12.3. The number of fused-ring (bicyclic) bond motifs is 1. The predicted molar refractivity (Wildman–Crippen MR) is 107 cm³/mol. The summed E-state index contributed by atoms with van der Waals surface area (Å²) in [4.78, 5) is 36.4. The van der Waals surface area contributed by atoms with E-state index in [1.807, 2.05) is 0 Å². The summed E-state index contributed by atoms with van der Waals surface area (Å²) in [6.45, 7) is 1.18. The Morgan fingerprint density at radius 1 is 1.16 bits per heavy atom. The maximum Gasteiger partial charge on any atom is 0.338 e. The number of carbonyl (C=O) groups excluding carboxylic acids is 2. The molecule has 1 fully saturated rings. The fourth-order valence-electron chi connectivity index (χ4n) is 3.49. The van der Waals surface area contributed by atoms with Crippen LogP contribution in [0.5, 0.6) is 0 Å². The molecule has 3 aromatic rings. The molecule has 0 N–H and O–H groups in total. The second kappa shape index (κ2) is 8.96. The molecule has 0 bridgehead atoms. The van der Waals surface area contributed by atoms with Crippen LogP contribution in [0, 0.1) is 0 Å². The van der Waals surface area contributed by atoms with E-state index in [-0.39, 0.29) is 11.8 Å². The van der Waals surface area contributed by atoms with E-state index < -0.39 is 36.5 Å². The molecule has 2 aromatic heterocycles. The summed E-state index contributed by atoms with van der Waals surface area (Å²) in [6.07, 6.45) is -0.309. The van der Waals surface area contributed by atoms with Gasteiger partial charge in [0.2, 0.25) is 0 Å². The highest BCUT2D eigenvalue weighted by molar-refractivity contribution is 6.33. The van der Waals surface area contributed by atoms with E-state index in [1.165, 1.54) is 26.7 Å². The Hall–Kier alpha value is -3.08. The van der Waals surface area contributed by atoms with Gasteiger partial charge in [0.1, 0.15) is 30.7 Å². The Morgan fingerprint density at radius 2 is 1.94 bits per heavy atom. The number of halogens is 1. The minimum atomic E-state index is -0.839. The minimum Gasteiger partial charge on any atom is -0.459 e. The van der Waals surface area contributed by atoms with Crippen LogP contribution in [0.1, 0.15) is 23.5 Å². The molecule has 1 aromatic carbocycles. The molecule has 31 heavy (non-hydrogen) atoms. The van der Waals surface area contributed by atoms with Crippen molar-refractivity contribution < 1.29 is 28.5 Å². The van der Waals surface area contributed by atoms with Crippen molar-refractivity contribution in [2.75, 3.05) is 13.7 Å². The molecule has 0 saturated carbocycles. The van der Waals surface area contributed by atoms with Crippen molar-refractivity contribution in [1.82, 2.24) is 19.5 Å². The molecule has 0 radical (unpaired) electrons. The first-order valence-electron chi connectivity index (χ1n) is 9.40. The second-order valence-electron chi connectivity index (χ2n) is 6.79. The lowest BCUT2D eigenvalue weighted by Gasteiger charge is -2.23. The van der Waals surface area contributed by atoms with Gasteiger partial charge in [-0.1, -0.05) is 29.8 Å². The van der Waals surface area contributed by atoms with E-state index in [0.717, 1.165) is 0 Å². The monoisotopic (exact) mass is 446 g/mol. The number of esters is 2. The first-order valence-corrected chi connectivity index (χ1v) is 9.78. The quantitative estimate of drug-likeness (QED) is 0.415. The van der Waals surface area contributed by atoms with E-state index in [9.17, 15) is 9.59 Å². The second-order valence-corrected chi connectivity index (χ2v) is 7.15. The highest BCUT2D eigenvalue weighted by Gasteiger charge is 2.49. The summed E-state index contributed by atoms with van der Waals surface area (Å²) in [5.74, 6) is -1.01. The number of rotatable bonds is 6. The number of hydrogen-bond acceptors (Lipinski definition) is 9. The van der Waals surface area contributed by atoms with Gasteiger partial charge in [0.15, 0.2) is 23.1 Å². The standard InChI is InChI=1S/C20H19ClN4O6/c1-11(26)30-16-15(28-2)13(8-29-20(27)12-6-4-3-5-7-12)31-19(16)25-10-24-14-17(21)22-9-23-18(14)25/h3-7,9-10,13,15-16,19H,8H2,1-2H3/t13-,15-,16-,19-/m1/s1. The molecule has 0 amide bonds. The number of methoxy groups -OCH3 is 1. The lowest BCUT2D eigenvalue weighted by Crippen LogP contribution is -2.38. The maximum absolute atomic E-state index is 12.3. The summed E-state index contributed by atoms with van der Waals surface area (Å²) < 4.78 is 24.1. The molecule has 162 valence electrons. The van der Waals surface area contributed by atoms with Crippen molar-refractivity contribution in [3.8, 4) is 0 Å². The largest absolute Gasteiger partial charge is 0.459 e. The zero-order valence-electron chi connectivity index (χ0n) is 16.7. The summed E-state index contributed by atoms with van der Waals surface area (Å²) in [7, 11) is 1.46. The Morgan fingerprint density at radius 3 is 2.65 bits per heavy atom. The molecule has 0 unspecified atom stereocenters. The average molecular weight is 447 g/mol. The third-order valence-corrected chi connectivity index (χ3v) is 5.11. The van der Waals surface area contributed by atoms with Crippen LogP contribution in [0.15, 0.2) is 43.0 Å². The average Bonchev–Trinajstić information content (AvgIpc) is 3.34. The van der Waals surface area contributed by atoms with Crippen molar-refractivity contribution in [1.29, 1.82) is 0 Å². The Kier molecular flexibility index (Phi) is 6.12. The van der Waals surface area contributed by atoms with Crippen LogP contribution in [-0.2, 0) is 23.7 Å². The van der Waals surface area contributed by atoms with Crippen LogP contribution >= 0.6 is 11.6 Å². The normalized spacial score (nSPS) is 23.1. The van der Waals surface area contributed by atoms with E-state index >= 15 is 0 Å². The lowest BCUT2D eigenvalue weighted by atomic mass is 10.1. The fourth-order valence-corrected chi connectivity index (χ4v) is 3.67. The van der Waals surface area contributed by atoms with Crippen LogP contribution in [0.4, 0.5) is 0 Å². The number of aromatic nitrogens is 4. The molecule has 11 heteroatoms. The molecule has 10 nitrogen and oxygen atoms in total. The zero-order chi connectivity index (χ0) is 22.0.